The van der Waals surface area contributed by atoms with Crippen LogP contribution in [0.2, 0.25) is 10.0 Å². The fourth-order valence-electron chi connectivity index (χ4n) is 5.90. The van der Waals surface area contributed by atoms with Gasteiger partial charge in [0.15, 0.2) is 17.3 Å². The Morgan fingerprint density at radius 2 is 1.14 bits per heavy atom. The monoisotopic (exact) mass is 516 g/mol. The van der Waals surface area contributed by atoms with Gasteiger partial charge in [-0.05, 0) is 41.0 Å². The minimum atomic E-state index is -1.69. The molecule has 0 radical (unpaired) electrons. The Balaban J connectivity index is 1.44. The first-order chi connectivity index (χ1) is 17.5. The van der Waals surface area contributed by atoms with Gasteiger partial charge in [-0.3, -0.25) is 0 Å². The van der Waals surface area contributed by atoms with Gasteiger partial charge >= 0.3 is 0 Å². The lowest BCUT2D eigenvalue weighted by Gasteiger charge is -2.38. The summed E-state index contributed by atoms with van der Waals surface area (Å²) in [4.78, 5) is 0. The van der Waals surface area contributed by atoms with Gasteiger partial charge in [0.05, 0.1) is 0 Å². The van der Waals surface area contributed by atoms with Gasteiger partial charge in [-0.2, -0.15) is 0 Å². The third kappa shape index (κ3) is 3.04. The summed E-state index contributed by atoms with van der Waals surface area (Å²) in [6, 6.07) is 34.5. The molecule has 0 unspecified atom stereocenters. The molecule has 3 fully saturated rings. The molecule has 0 aromatic heterocycles. The molecule has 7 rings (SSSR count). The molecule has 36 heavy (non-hydrogen) atoms. The summed E-state index contributed by atoms with van der Waals surface area (Å²) in [6.45, 7) is 0. The normalized spacial score (nSPS) is 34.2. The number of aliphatic hydroxyl groups is 1. The zero-order chi connectivity index (χ0) is 24.5. The van der Waals surface area contributed by atoms with Gasteiger partial charge in [0.2, 0.25) is 5.79 Å². The Morgan fingerprint density at radius 3 is 1.75 bits per heavy atom. The van der Waals surface area contributed by atoms with E-state index in [-0.39, 0.29) is 6.10 Å². The van der Waals surface area contributed by atoms with Crippen LogP contribution in [-0.2, 0) is 31.2 Å². The van der Waals surface area contributed by atoms with Crippen molar-refractivity contribution in [2.24, 2.45) is 0 Å². The van der Waals surface area contributed by atoms with E-state index in [0.29, 0.717) is 15.6 Å². The van der Waals surface area contributed by atoms with Gasteiger partial charge in [-0.25, -0.2) is 0 Å². The molecule has 6 atom stereocenters. The van der Waals surface area contributed by atoms with E-state index in [2.05, 4.69) is 0 Å². The van der Waals surface area contributed by atoms with Gasteiger partial charge in [0.25, 0.3) is 0 Å². The highest BCUT2D eigenvalue weighted by molar-refractivity contribution is 6.30. The number of ether oxygens (including phenoxy) is 3. The number of hydrogen-bond acceptors (Lipinski definition) is 4. The molecule has 4 nitrogen and oxygen atoms in total. The molecule has 180 valence electrons. The summed E-state index contributed by atoms with van der Waals surface area (Å²) in [7, 11) is 0. The predicted molar refractivity (Wildman–Crippen MR) is 137 cm³/mol. The third-order valence-electron chi connectivity index (χ3n) is 7.59. The van der Waals surface area contributed by atoms with Gasteiger partial charge in [0, 0.05) is 15.6 Å². The molecule has 4 aromatic carbocycles. The van der Waals surface area contributed by atoms with Crippen LogP contribution in [0.25, 0.3) is 0 Å². The third-order valence-corrected chi connectivity index (χ3v) is 8.10. The highest BCUT2D eigenvalue weighted by Gasteiger charge is 2.89. The maximum absolute atomic E-state index is 12.2. The van der Waals surface area contributed by atoms with Crippen LogP contribution < -0.4 is 0 Å². The number of hydrogen-bond donors (Lipinski definition) is 1. The quantitative estimate of drug-likeness (QED) is 0.307. The van der Waals surface area contributed by atoms with Crippen LogP contribution in [-0.4, -0.2) is 17.3 Å². The van der Waals surface area contributed by atoms with Crippen molar-refractivity contribution >= 4 is 23.2 Å². The SMILES string of the molecule is O[C@@]1(c2ccccc2)O[C@@](c2ccccc2)([C@H]2O[C@H]2c2ccc(Cl)cc2)[C@]2(c3ccc(Cl)cc3)O[C@H]12. The molecular formula is C30H22Cl2O4. The van der Waals surface area contributed by atoms with Gasteiger partial charge in [-0.1, -0.05) is 108 Å². The molecule has 0 amide bonds. The predicted octanol–water partition coefficient (Wildman–Crippen LogP) is 6.50. The number of epoxide rings is 2. The molecule has 0 aliphatic carbocycles. The van der Waals surface area contributed by atoms with Gasteiger partial charge < -0.3 is 19.3 Å². The summed E-state index contributed by atoms with van der Waals surface area (Å²) in [5.74, 6) is -1.69. The fraction of sp³-hybridized carbons (Fsp3) is 0.200. The van der Waals surface area contributed by atoms with Crippen LogP contribution in [0.4, 0.5) is 0 Å². The summed E-state index contributed by atoms with van der Waals surface area (Å²) < 4.78 is 19.9. The van der Waals surface area contributed by atoms with Gasteiger partial charge in [0.1, 0.15) is 12.2 Å². The Morgan fingerprint density at radius 1 is 0.611 bits per heavy atom. The van der Waals surface area contributed by atoms with Crippen molar-refractivity contribution in [2.75, 3.05) is 0 Å². The van der Waals surface area contributed by atoms with E-state index in [0.717, 1.165) is 16.7 Å². The number of fused-ring (bicyclic) bond motifs is 1. The van der Waals surface area contributed by atoms with Crippen molar-refractivity contribution in [3.05, 3.63) is 141 Å². The summed E-state index contributed by atoms with van der Waals surface area (Å²) in [5, 5.41) is 13.5. The van der Waals surface area contributed by atoms with Crippen molar-refractivity contribution in [3.8, 4) is 0 Å². The molecule has 6 heteroatoms. The standard InChI is InChI=1S/C30H22Cl2O4/c31-23-15-11-19(12-16-23)25-26(34-25)28(20-7-3-1-4-8-20)29(21-13-17-24(32)18-14-21)27(35-29)30(33,36-28)22-9-5-2-6-10-22/h1-18,25-27,33H/t25-,26-,27-,28-,29+,30-/m0/s1. The van der Waals surface area contributed by atoms with Gasteiger partial charge in [-0.15, -0.1) is 0 Å². The second-order valence-electron chi connectivity index (χ2n) is 9.54. The molecule has 4 aromatic rings. The lowest BCUT2D eigenvalue weighted by Crippen LogP contribution is -2.47. The lowest BCUT2D eigenvalue weighted by molar-refractivity contribution is -0.291. The topological polar surface area (TPSA) is 54.5 Å². The second kappa shape index (κ2) is 7.90. The minimum absolute atomic E-state index is 0.255. The van der Waals surface area contributed by atoms with E-state index in [1.807, 2.05) is 109 Å². The summed E-state index contributed by atoms with van der Waals surface area (Å²) >= 11 is 12.4. The van der Waals surface area contributed by atoms with Crippen LogP contribution in [0, 0.1) is 0 Å². The van der Waals surface area contributed by atoms with Crippen LogP contribution in [0.3, 0.4) is 0 Å². The molecule has 3 aliphatic heterocycles. The van der Waals surface area contributed by atoms with E-state index >= 15 is 0 Å². The zero-order valence-corrected chi connectivity index (χ0v) is 20.6. The fourth-order valence-corrected chi connectivity index (χ4v) is 6.16. The van der Waals surface area contributed by atoms with Crippen LogP contribution >= 0.6 is 23.2 Å². The molecular weight excluding hydrogens is 495 g/mol. The molecule has 0 bridgehead atoms. The first-order valence-corrected chi connectivity index (χ1v) is 12.6. The maximum Gasteiger partial charge on any atom is 0.224 e. The summed E-state index contributed by atoms with van der Waals surface area (Å²) in [5.41, 5.74) is 1.24. The van der Waals surface area contributed by atoms with E-state index in [1.165, 1.54) is 0 Å². The van der Waals surface area contributed by atoms with Crippen molar-refractivity contribution in [2.45, 2.75) is 35.3 Å². The van der Waals surface area contributed by atoms with Crippen molar-refractivity contribution in [1.82, 2.24) is 0 Å². The average molecular weight is 517 g/mol. The molecule has 3 saturated heterocycles. The number of halogens is 2. The average Bonchev–Trinajstić information content (AvgIpc) is 3.84. The molecule has 0 saturated carbocycles. The van der Waals surface area contributed by atoms with Crippen molar-refractivity contribution in [3.63, 3.8) is 0 Å². The lowest BCUT2D eigenvalue weighted by atomic mass is 9.72. The Hall–Kier alpha value is -2.70. The van der Waals surface area contributed by atoms with Crippen LogP contribution in [0.1, 0.15) is 28.4 Å². The second-order valence-corrected chi connectivity index (χ2v) is 10.4. The first kappa shape index (κ1) is 22.5. The zero-order valence-electron chi connectivity index (χ0n) is 19.1. The molecule has 3 aliphatic rings. The smallest absolute Gasteiger partial charge is 0.224 e. The maximum atomic E-state index is 12.2. The van der Waals surface area contributed by atoms with Crippen LogP contribution in [0.5, 0.6) is 0 Å². The van der Waals surface area contributed by atoms with E-state index in [1.54, 1.807) is 0 Å². The van der Waals surface area contributed by atoms with E-state index in [4.69, 9.17) is 37.4 Å². The molecule has 0 spiro atoms. The highest BCUT2D eigenvalue weighted by atomic mass is 35.5. The van der Waals surface area contributed by atoms with E-state index < -0.39 is 29.2 Å². The molecule has 1 N–H and O–H groups in total. The van der Waals surface area contributed by atoms with Crippen molar-refractivity contribution in [1.29, 1.82) is 0 Å². The first-order valence-electron chi connectivity index (χ1n) is 11.9. The van der Waals surface area contributed by atoms with E-state index in [9.17, 15) is 5.11 Å². The largest absolute Gasteiger partial charge is 0.361 e. The highest BCUT2D eigenvalue weighted by Crippen LogP contribution is 2.76. The Labute approximate surface area is 219 Å². The number of rotatable bonds is 5. The van der Waals surface area contributed by atoms with Crippen molar-refractivity contribution < 1.29 is 19.3 Å². The molecule has 3 heterocycles. The van der Waals surface area contributed by atoms with Crippen LogP contribution in [0.15, 0.2) is 109 Å². The Kier molecular flexibility index (Phi) is 4.93. The Bertz CT molecular complexity index is 1410. The number of benzene rings is 4. The minimum Gasteiger partial charge on any atom is -0.361 e. The summed E-state index contributed by atoms with van der Waals surface area (Å²) in [6.07, 6.45) is -1.32.